The van der Waals surface area contributed by atoms with Crippen LogP contribution in [0.15, 0.2) is 18.3 Å². The molecule has 0 radical (unpaired) electrons. The van der Waals surface area contributed by atoms with E-state index in [1.807, 2.05) is 19.2 Å². The molecule has 0 saturated carbocycles. The lowest BCUT2D eigenvalue weighted by Gasteiger charge is -2.17. The number of nitrogens with zero attached hydrogens (tertiary/aromatic N) is 2. The van der Waals surface area contributed by atoms with Crippen LogP contribution in [0.25, 0.3) is 0 Å². The fourth-order valence-electron chi connectivity index (χ4n) is 1.76. The molecule has 0 aliphatic heterocycles. The predicted molar refractivity (Wildman–Crippen MR) is 69.7 cm³/mol. The molecule has 0 aliphatic carbocycles. The number of rotatable bonds is 7. The van der Waals surface area contributed by atoms with Crippen LogP contribution in [-0.2, 0) is 22.6 Å². The second kappa shape index (κ2) is 7.79. The Hall–Kier alpha value is -1.46. The molecule has 1 aromatic rings. The van der Waals surface area contributed by atoms with Crippen molar-refractivity contribution in [1.29, 1.82) is 0 Å². The van der Waals surface area contributed by atoms with Gasteiger partial charge >= 0.3 is 5.97 Å². The van der Waals surface area contributed by atoms with E-state index in [1.165, 1.54) is 7.11 Å². The van der Waals surface area contributed by atoms with E-state index >= 15 is 0 Å². The summed E-state index contributed by atoms with van der Waals surface area (Å²) in [5, 5.41) is 0. The Morgan fingerprint density at radius 3 is 3.00 bits per heavy atom. The van der Waals surface area contributed by atoms with Crippen molar-refractivity contribution in [2.45, 2.75) is 25.9 Å². The van der Waals surface area contributed by atoms with Crippen molar-refractivity contribution < 1.29 is 9.53 Å². The molecule has 0 spiro atoms. The number of pyridine rings is 1. The van der Waals surface area contributed by atoms with Gasteiger partial charge in [0.25, 0.3) is 0 Å². The van der Waals surface area contributed by atoms with Gasteiger partial charge in [0.15, 0.2) is 0 Å². The maximum Gasteiger partial charge on any atom is 0.305 e. The van der Waals surface area contributed by atoms with Crippen LogP contribution in [0.3, 0.4) is 0 Å². The van der Waals surface area contributed by atoms with Crippen LogP contribution in [0.4, 0.5) is 0 Å². The van der Waals surface area contributed by atoms with Crippen molar-refractivity contribution in [3.8, 4) is 0 Å². The van der Waals surface area contributed by atoms with Gasteiger partial charge in [-0.05, 0) is 31.6 Å². The van der Waals surface area contributed by atoms with Gasteiger partial charge in [0.1, 0.15) is 0 Å². The average Bonchev–Trinajstić information content (AvgIpc) is 2.39. The Bertz CT molecular complexity index is 382. The van der Waals surface area contributed by atoms with E-state index in [0.29, 0.717) is 13.0 Å². The Labute approximate surface area is 108 Å². The number of carbonyl (C=O) groups is 1. The standard InChI is InChI=1S/C13H21N3O2/c1-16(8-4-6-13(17)18-2)10-11-5-3-7-15-12(11)9-14/h3,5,7H,4,6,8-10,14H2,1-2H3. The van der Waals surface area contributed by atoms with Gasteiger partial charge in [-0.2, -0.15) is 0 Å². The Morgan fingerprint density at radius 2 is 2.33 bits per heavy atom. The van der Waals surface area contributed by atoms with Gasteiger partial charge in [0.05, 0.1) is 12.8 Å². The number of aromatic nitrogens is 1. The summed E-state index contributed by atoms with van der Waals surface area (Å²) in [4.78, 5) is 17.4. The molecule has 1 aromatic heterocycles. The van der Waals surface area contributed by atoms with E-state index in [1.54, 1.807) is 6.20 Å². The molecular formula is C13H21N3O2. The Balaban J connectivity index is 2.39. The predicted octanol–water partition coefficient (Wildman–Crippen LogP) is 0.925. The monoisotopic (exact) mass is 251 g/mol. The zero-order valence-electron chi connectivity index (χ0n) is 11.1. The number of hydrogen-bond acceptors (Lipinski definition) is 5. The molecule has 0 aromatic carbocycles. The highest BCUT2D eigenvalue weighted by Crippen LogP contribution is 2.08. The minimum absolute atomic E-state index is 0.160. The van der Waals surface area contributed by atoms with E-state index in [4.69, 9.17) is 5.73 Å². The van der Waals surface area contributed by atoms with Gasteiger partial charge < -0.3 is 15.4 Å². The molecule has 5 nitrogen and oxygen atoms in total. The number of carbonyl (C=O) groups excluding carboxylic acids is 1. The lowest BCUT2D eigenvalue weighted by Crippen LogP contribution is -2.21. The second-order valence-electron chi connectivity index (χ2n) is 4.23. The van der Waals surface area contributed by atoms with Crippen molar-refractivity contribution in [2.24, 2.45) is 5.73 Å². The topological polar surface area (TPSA) is 68.5 Å². The van der Waals surface area contributed by atoms with Crippen LogP contribution < -0.4 is 5.73 Å². The molecule has 0 aliphatic rings. The van der Waals surface area contributed by atoms with Gasteiger partial charge in [-0.3, -0.25) is 9.78 Å². The van der Waals surface area contributed by atoms with Crippen molar-refractivity contribution >= 4 is 5.97 Å². The quantitative estimate of drug-likeness (QED) is 0.730. The first kappa shape index (κ1) is 14.6. The summed E-state index contributed by atoms with van der Waals surface area (Å²) < 4.78 is 4.60. The van der Waals surface area contributed by atoms with Gasteiger partial charge in [0, 0.05) is 25.7 Å². The summed E-state index contributed by atoms with van der Waals surface area (Å²) in [6.07, 6.45) is 3.00. The summed E-state index contributed by atoms with van der Waals surface area (Å²) >= 11 is 0. The third-order valence-electron chi connectivity index (χ3n) is 2.77. The molecule has 0 bridgehead atoms. The summed E-state index contributed by atoms with van der Waals surface area (Å²) in [7, 11) is 3.43. The van der Waals surface area contributed by atoms with Gasteiger partial charge in [-0.15, -0.1) is 0 Å². The molecule has 0 atom stereocenters. The Morgan fingerprint density at radius 1 is 1.56 bits per heavy atom. The molecule has 5 heteroatoms. The summed E-state index contributed by atoms with van der Waals surface area (Å²) in [6, 6.07) is 3.95. The minimum Gasteiger partial charge on any atom is -0.469 e. The number of hydrogen-bond donors (Lipinski definition) is 1. The van der Waals surface area contributed by atoms with Crippen LogP contribution in [0, 0.1) is 0 Å². The smallest absolute Gasteiger partial charge is 0.305 e. The molecule has 1 rings (SSSR count). The average molecular weight is 251 g/mol. The minimum atomic E-state index is -0.160. The third-order valence-corrected chi connectivity index (χ3v) is 2.77. The van der Waals surface area contributed by atoms with Gasteiger partial charge in [-0.25, -0.2) is 0 Å². The first-order valence-corrected chi connectivity index (χ1v) is 6.05. The normalized spacial score (nSPS) is 10.7. The van der Waals surface area contributed by atoms with E-state index in [0.717, 1.165) is 30.8 Å². The van der Waals surface area contributed by atoms with Crippen LogP contribution in [0.5, 0.6) is 0 Å². The number of nitrogens with two attached hydrogens (primary N) is 1. The molecule has 0 fully saturated rings. The van der Waals surface area contributed by atoms with Crippen LogP contribution in [0.2, 0.25) is 0 Å². The largest absolute Gasteiger partial charge is 0.469 e. The fourth-order valence-corrected chi connectivity index (χ4v) is 1.76. The fraction of sp³-hybridized carbons (Fsp3) is 0.538. The maximum absolute atomic E-state index is 11.0. The number of ether oxygens (including phenoxy) is 1. The van der Waals surface area contributed by atoms with Crippen LogP contribution >= 0.6 is 0 Å². The van der Waals surface area contributed by atoms with Crippen LogP contribution in [0.1, 0.15) is 24.1 Å². The molecular weight excluding hydrogens is 230 g/mol. The molecule has 0 amide bonds. The van der Waals surface area contributed by atoms with Crippen LogP contribution in [-0.4, -0.2) is 36.6 Å². The molecule has 2 N–H and O–H groups in total. The van der Waals surface area contributed by atoms with Crippen molar-refractivity contribution in [3.05, 3.63) is 29.6 Å². The molecule has 18 heavy (non-hydrogen) atoms. The highest BCUT2D eigenvalue weighted by molar-refractivity contribution is 5.69. The molecule has 0 unspecified atom stereocenters. The lowest BCUT2D eigenvalue weighted by atomic mass is 10.1. The SMILES string of the molecule is COC(=O)CCCN(C)Cc1cccnc1CN. The molecule has 100 valence electrons. The first-order valence-electron chi connectivity index (χ1n) is 6.05. The second-order valence-corrected chi connectivity index (χ2v) is 4.23. The number of methoxy groups -OCH3 is 1. The summed E-state index contributed by atoms with van der Waals surface area (Å²) in [5.41, 5.74) is 7.71. The number of esters is 1. The van der Waals surface area contributed by atoms with Crippen molar-refractivity contribution in [1.82, 2.24) is 9.88 Å². The van der Waals surface area contributed by atoms with Crippen molar-refractivity contribution in [2.75, 3.05) is 20.7 Å². The van der Waals surface area contributed by atoms with Gasteiger partial charge in [0.2, 0.25) is 0 Å². The van der Waals surface area contributed by atoms with E-state index in [-0.39, 0.29) is 5.97 Å². The maximum atomic E-state index is 11.0. The summed E-state index contributed by atoms with van der Waals surface area (Å²) in [5.74, 6) is -0.160. The third kappa shape index (κ3) is 4.81. The first-order chi connectivity index (χ1) is 8.67. The molecule has 1 heterocycles. The van der Waals surface area contributed by atoms with E-state index in [9.17, 15) is 4.79 Å². The zero-order chi connectivity index (χ0) is 13.4. The highest BCUT2D eigenvalue weighted by atomic mass is 16.5. The Kier molecular flexibility index (Phi) is 6.32. The van der Waals surface area contributed by atoms with Crippen molar-refractivity contribution in [3.63, 3.8) is 0 Å². The van der Waals surface area contributed by atoms with E-state index in [2.05, 4.69) is 14.6 Å². The van der Waals surface area contributed by atoms with Gasteiger partial charge in [-0.1, -0.05) is 6.07 Å². The lowest BCUT2D eigenvalue weighted by molar-refractivity contribution is -0.140. The summed E-state index contributed by atoms with van der Waals surface area (Å²) in [6.45, 7) is 2.09. The highest BCUT2D eigenvalue weighted by Gasteiger charge is 2.06. The molecule has 0 saturated heterocycles. The zero-order valence-corrected chi connectivity index (χ0v) is 11.1. The van der Waals surface area contributed by atoms with E-state index < -0.39 is 0 Å².